The molecule has 2 rings (SSSR count). The summed E-state index contributed by atoms with van der Waals surface area (Å²) in [4.78, 5) is 16.2. The van der Waals surface area contributed by atoms with Crippen LogP contribution >= 0.6 is 0 Å². The summed E-state index contributed by atoms with van der Waals surface area (Å²) in [6, 6.07) is 3.54. The van der Waals surface area contributed by atoms with Gasteiger partial charge in [0.1, 0.15) is 0 Å². The second-order valence-electron chi connectivity index (χ2n) is 4.72. The lowest BCUT2D eigenvalue weighted by molar-refractivity contribution is 0.0491. The molecule has 1 aliphatic rings. The number of hydrogen-bond donors (Lipinski definition) is 2. The smallest absolute Gasteiger partial charge is 0.407 e. The zero-order valence-corrected chi connectivity index (χ0v) is 9.71. The Hall–Kier alpha value is -1.62. The Balaban J connectivity index is 2.09. The van der Waals surface area contributed by atoms with Crippen molar-refractivity contribution < 1.29 is 15.0 Å². The zero-order valence-electron chi connectivity index (χ0n) is 9.71. The lowest BCUT2D eigenvalue weighted by atomic mass is 9.93. The highest BCUT2D eigenvalue weighted by Crippen LogP contribution is 2.30. The number of likely N-dealkylation sites (tertiary alicyclic amines) is 1. The van der Waals surface area contributed by atoms with E-state index in [-0.39, 0.29) is 12.6 Å². The van der Waals surface area contributed by atoms with Gasteiger partial charge in [-0.25, -0.2) is 4.79 Å². The van der Waals surface area contributed by atoms with Crippen LogP contribution in [0.25, 0.3) is 0 Å². The quantitative estimate of drug-likeness (QED) is 0.807. The van der Waals surface area contributed by atoms with Gasteiger partial charge in [-0.1, -0.05) is 0 Å². The largest absolute Gasteiger partial charge is 0.465 e. The number of carbonyl (C=O) groups is 1. The summed E-state index contributed by atoms with van der Waals surface area (Å²) in [5, 5.41) is 19.4. The first-order valence-corrected chi connectivity index (χ1v) is 5.61. The molecule has 1 saturated heterocycles. The third kappa shape index (κ3) is 2.55. The molecule has 1 amide bonds. The van der Waals surface area contributed by atoms with E-state index in [0.717, 1.165) is 5.56 Å². The Labute approximate surface area is 99.7 Å². The van der Waals surface area contributed by atoms with Crippen molar-refractivity contribution in [1.29, 1.82) is 0 Å². The maximum atomic E-state index is 11.0. The van der Waals surface area contributed by atoms with Crippen LogP contribution in [0, 0.1) is 0 Å². The van der Waals surface area contributed by atoms with Crippen molar-refractivity contribution in [2.45, 2.75) is 31.4 Å². The van der Waals surface area contributed by atoms with E-state index < -0.39 is 11.7 Å². The first-order chi connectivity index (χ1) is 8.00. The predicted octanol–water partition coefficient (Wildman–Crippen LogP) is 1.13. The van der Waals surface area contributed by atoms with Crippen molar-refractivity contribution in [3.05, 3.63) is 30.1 Å². The number of carboxylic acid groups (broad SMARTS) is 1. The number of β-amino-alcohol motifs (C(OH)–C–C–N with tert-alkyl or cyclic N) is 1. The highest BCUT2D eigenvalue weighted by molar-refractivity contribution is 5.66. The second kappa shape index (κ2) is 4.33. The average Bonchev–Trinajstić information content (AvgIpc) is 2.55. The molecular formula is C12H16N2O3. The molecule has 1 aromatic heterocycles. The fourth-order valence-corrected chi connectivity index (χ4v) is 2.46. The summed E-state index contributed by atoms with van der Waals surface area (Å²) in [6.07, 6.45) is 3.31. The van der Waals surface area contributed by atoms with Gasteiger partial charge in [0, 0.05) is 24.9 Å². The Morgan fingerprint density at radius 1 is 1.59 bits per heavy atom. The Morgan fingerprint density at radius 2 is 2.24 bits per heavy atom. The highest BCUT2D eigenvalue weighted by atomic mass is 16.4. The van der Waals surface area contributed by atoms with E-state index in [0.29, 0.717) is 12.8 Å². The van der Waals surface area contributed by atoms with Crippen LogP contribution in [0.3, 0.4) is 0 Å². The monoisotopic (exact) mass is 236 g/mol. The van der Waals surface area contributed by atoms with E-state index >= 15 is 0 Å². The van der Waals surface area contributed by atoms with Gasteiger partial charge in [0.15, 0.2) is 0 Å². The molecule has 0 spiro atoms. The first-order valence-electron chi connectivity index (χ1n) is 5.61. The third-order valence-electron chi connectivity index (χ3n) is 3.20. The normalized spacial score (nSPS) is 28.4. The van der Waals surface area contributed by atoms with Crippen molar-refractivity contribution >= 4 is 6.09 Å². The zero-order chi connectivity index (χ0) is 12.5. The van der Waals surface area contributed by atoms with Gasteiger partial charge in [0.2, 0.25) is 0 Å². The van der Waals surface area contributed by atoms with E-state index in [9.17, 15) is 9.90 Å². The molecule has 1 unspecified atom stereocenters. The number of rotatable bonds is 2. The van der Waals surface area contributed by atoms with E-state index in [4.69, 9.17) is 5.11 Å². The molecule has 0 radical (unpaired) electrons. The molecule has 17 heavy (non-hydrogen) atoms. The lowest BCUT2D eigenvalue weighted by Crippen LogP contribution is -2.38. The molecule has 92 valence electrons. The molecule has 1 aliphatic heterocycles. The van der Waals surface area contributed by atoms with Crippen molar-refractivity contribution in [2.75, 3.05) is 6.54 Å². The Kier molecular flexibility index (Phi) is 3.02. The molecule has 0 aliphatic carbocycles. The fraction of sp³-hybridized carbons (Fsp3) is 0.500. The molecular weight excluding hydrogens is 220 g/mol. The second-order valence-corrected chi connectivity index (χ2v) is 4.72. The van der Waals surface area contributed by atoms with E-state index in [1.54, 1.807) is 12.4 Å². The summed E-state index contributed by atoms with van der Waals surface area (Å²) in [6.45, 7) is 1.99. The van der Waals surface area contributed by atoms with E-state index in [2.05, 4.69) is 4.98 Å². The molecule has 0 bridgehead atoms. The average molecular weight is 236 g/mol. The van der Waals surface area contributed by atoms with Crippen molar-refractivity contribution in [3.8, 4) is 0 Å². The van der Waals surface area contributed by atoms with Crippen molar-refractivity contribution in [3.63, 3.8) is 0 Å². The number of aliphatic hydroxyl groups is 1. The number of hydrogen-bond acceptors (Lipinski definition) is 3. The van der Waals surface area contributed by atoms with Crippen LogP contribution in [0.5, 0.6) is 0 Å². The van der Waals surface area contributed by atoms with Gasteiger partial charge in [0.25, 0.3) is 0 Å². The Bertz CT molecular complexity index is 409. The van der Waals surface area contributed by atoms with Crippen LogP contribution in [-0.4, -0.2) is 44.4 Å². The molecule has 5 nitrogen and oxygen atoms in total. The standard InChI is InChI=1S/C12H16N2O3/c1-9-6-12(17,8-14(9)11(15)16)7-10-2-4-13-5-3-10/h2-5,9,17H,6-8H2,1H3,(H,15,16)/t9-,12?/m1/s1. The van der Waals surface area contributed by atoms with Crippen molar-refractivity contribution in [2.24, 2.45) is 0 Å². The molecule has 5 heteroatoms. The van der Waals surface area contributed by atoms with Crippen molar-refractivity contribution in [1.82, 2.24) is 9.88 Å². The molecule has 2 atom stereocenters. The lowest BCUT2D eigenvalue weighted by Gasteiger charge is -2.22. The minimum atomic E-state index is -0.969. The maximum Gasteiger partial charge on any atom is 0.407 e. The van der Waals surface area contributed by atoms with E-state index in [1.165, 1.54) is 4.90 Å². The fourth-order valence-electron chi connectivity index (χ4n) is 2.46. The van der Waals surface area contributed by atoms with Gasteiger partial charge in [0.05, 0.1) is 12.1 Å². The number of aromatic nitrogens is 1. The van der Waals surface area contributed by atoms with Gasteiger partial charge >= 0.3 is 6.09 Å². The predicted molar refractivity (Wildman–Crippen MR) is 61.7 cm³/mol. The summed E-state index contributed by atoms with van der Waals surface area (Å²) in [5.41, 5.74) is 0.0149. The summed E-state index contributed by atoms with van der Waals surface area (Å²) >= 11 is 0. The maximum absolute atomic E-state index is 11.0. The van der Waals surface area contributed by atoms with Gasteiger partial charge in [-0.05, 0) is 31.0 Å². The Morgan fingerprint density at radius 3 is 2.76 bits per heavy atom. The molecule has 0 saturated carbocycles. The van der Waals surface area contributed by atoms with Gasteiger partial charge in [-0.3, -0.25) is 4.98 Å². The van der Waals surface area contributed by atoms with Crippen LogP contribution in [0.15, 0.2) is 24.5 Å². The molecule has 1 aromatic rings. The minimum absolute atomic E-state index is 0.140. The summed E-state index contributed by atoms with van der Waals surface area (Å²) < 4.78 is 0. The van der Waals surface area contributed by atoms with Crippen LogP contribution in [-0.2, 0) is 6.42 Å². The first kappa shape index (κ1) is 11.9. The molecule has 0 aromatic carbocycles. The van der Waals surface area contributed by atoms with Gasteiger partial charge < -0.3 is 15.1 Å². The number of amides is 1. The van der Waals surface area contributed by atoms with Gasteiger partial charge in [-0.2, -0.15) is 0 Å². The molecule has 2 heterocycles. The topological polar surface area (TPSA) is 73.7 Å². The third-order valence-corrected chi connectivity index (χ3v) is 3.20. The van der Waals surface area contributed by atoms with Crippen LogP contribution in [0.2, 0.25) is 0 Å². The SMILES string of the molecule is C[C@@H]1CC(O)(Cc2ccncc2)CN1C(=O)O. The summed E-state index contributed by atoms with van der Waals surface area (Å²) in [5.74, 6) is 0. The molecule has 1 fully saturated rings. The van der Waals surface area contributed by atoms with Gasteiger partial charge in [-0.15, -0.1) is 0 Å². The number of pyridine rings is 1. The van der Waals surface area contributed by atoms with E-state index in [1.807, 2.05) is 19.1 Å². The molecule has 2 N–H and O–H groups in total. The number of nitrogens with zero attached hydrogens (tertiary/aromatic N) is 2. The minimum Gasteiger partial charge on any atom is -0.465 e. The summed E-state index contributed by atoms with van der Waals surface area (Å²) in [7, 11) is 0. The van der Waals surface area contributed by atoms with Crippen LogP contribution < -0.4 is 0 Å². The van der Waals surface area contributed by atoms with Crippen LogP contribution in [0.4, 0.5) is 4.79 Å². The van der Waals surface area contributed by atoms with Crippen LogP contribution in [0.1, 0.15) is 18.9 Å². The highest BCUT2D eigenvalue weighted by Gasteiger charge is 2.42.